The van der Waals surface area contributed by atoms with Gasteiger partial charge < -0.3 is 15.5 Å². The van der Waals surface area contributed by atoms with Crippen molar-refractivity contribution in [2.75, 3.05) is 33.2 Å². The maximum absolute atomic E-state index is 11.8. The Morgan fingerprint density at radius 3 is 2.67 bits per heavy atom. The quantitative estimate of drug-likeness (QED) is 0.647. The number of amides is 1. The SMILES string of the molecule is CCNCC(C)C(=O)NCCCN(C)Cc1ccccc1. The van der Waals surface area contributed by atoms with Crippen LogP contribution in [0.4, 0.5) is 0 Å². The third kappa shape index (κ3) is 7.83. The molecule has 0 saturated heterocycles. The highest BCUT2D eigenvalue weighted by molar-refractivity contribution is 5.78. The summed E-state index contributed by atoms with van der Waals surface area (Å²) < 4.78 is 0. The second kappa shape index (κ2) is 10.4. The molecule has 0 fully saturated rings. The molecule has 0 heterocycles. The highest BCUT2D eigenvalue weighted by atomic mass is 16.1. The van der Waals surface area contributed by atoms with Crippen LogP contribution < -0.4 is 10.6 Å². The van der Waals surface area contributed by atoms with Gasteiger partial charge in [-0.2, -0.15) is 0 Å². The van der Waals surface area contributed by atoms with E-state index < -0.39 is 0 Å². The molecule has 21 heavy (non-hydrogen) atoms. The van der Waals surface area contributed by atoms with Crippen LogP contribution in [0.2, 0.25) is 0 Å². The number of nitrogens with zero attached hydrogens (tertiary/aromatic N) is 1. The summed E-state index contributed by atoms with van der Waals surface area (Å²) in [6.07, 6.45) is 0.975. The van der Waals surface area contributed by atoms with Gasteiger partial charge in [-0.1, -0.05) is 44.2 Å². The van der Waals surface area contributed by atoms with Crippen molar-refractivity contribution in [1.29, 1.82) is 0 Å². The van der Waals surface area contributed by atoms with Gasteiger partial charge in [0.25, 0.3) is 0 Å². The Balaban J connectivity index is 2.11. The standard InChI is InChI=1S/C17H29N3O/c1-4-18-13-15(2)17(21)19-11-8-12-20(3)14-16-9-6-5-7-10-16/h5-7,9-10,15,18H,4,8,11-14H2,1-3H3,(H,19,21). The van der Waals surface area contributed by atoms with Crippen molar-refractivity contribution in [3.8, 4) is 0 Å². The molecule has 0 spiro atoms. The zero-order chi connectivity index (χ0) is 15.5. The zero-order valence-corrected chi connectivity index (χ0v) is 13.6. The molecule has 0 aromatic heterocycles. The van der Waals surface area contributed by atoms with Gasteiger partial charge >= 0.3 is 0 Å². The second-order valence-corrected chi connectivity index (χ2v) is 5.58. The van der Waals surface area contributed by atoms with Crippen LogP contribution in [0.3, 0.4) is 0 Å². The minimum Gasteiger partial charge on any atom is -0.356 e. The summed E-state index contributed by atoms with van der Waals surface area (Å²) in [4.78, 5) is 14.1. The van der Waals surface area contributed by atoms with Crippen molar-refractivity contribution in [2.45, 2.75) is 26.8 Å². The highest BCUT2D eigenvalue weighted by Crippen LogP contribution is 2.02. The Morgan fingerprint density at radius 2 is 2.00 bits per heavy atom. The average Bonchev–Trinajstić information content (AvgIpc) is 2.49. The van der Waals surface area contributed by atoms with Crippen molar-refractivity contribution >= 4 is 5.91 Å². The Labute approximate surface area is 128 Å². The first-order chi connectivity index (χ1) is 10.1. The van der Waals surface area contributed by atoms with E-state index in [1.807, 2.05) is 19.9 Å². The minimum atomic E-state index is 0.0343. The molecule has 118 valence electrons. The molecular formula is C17H29N3O. The van der Waals surface area contributed by atoms with E-state index in [0.717, 1.165) is 39.1 Å². The topological polar surface area (TPSA) is 44.4 Å². The second-order valence-electron chi connectivity index (χ2n) is 5.58. The van der Waals surface area contributed by atoms with E-state index in [4.69, 9.17) is 0 Å². The van der Waals surface area contributed by atoms with Crippen LogP contribution in [0.5, 0.6) is 0 Å². The fourth-order valence-electron chi connectivity index (χ4n) is 2.16. The van der Waals surface area contributed by atoms with Crippen molar-refractivity contribution in [1.82, 2.24) is 15.5 Å². The lowest BCUT2D eigenvalue weighted by molar-refractivity contribution is -0.124. The van der Waals surface area contributed by atoms with Crippen LogP contribution in [-0.4, -0.2) is 44.0 Å². The molecule has 2 N–H and O–H groups in total. The van der Waals surface area contributed by atoms with E-state index in [0.29, 0.717) is 0 Å². The van der Waals surface area contributed by atoms with E-state index in [-0.39, 0.29) is 11.8 Å². The lowest BCUT2D eigenvalue weighted by atomic mass is 10.1. The molecule has 1 unspecified atom stereocenters. The number of nitrogens with one attached hydrogen (secondary N) is 2. The maximum Gasteiger partial charge on any atom is 0.224 e. The first-order valence-electron chi connectivity index (χ1n) is 7.84. The first-order valence-corrected chi connectivity index (χ1v) is 7.84. The maximum atomic E-state index is 11.8. The monoisotopic (exact) mass is 291 g/mol. The van der Waals surface area contributed by atoms with Gasteiger partial charge in [0.2, 0.25) is 5.91 Å². The molecule has 1 atom stereocenters. The summed E-state index contributed by atoms with van der Waals surface area (Å²) in [7, 11) is 2.11. The van der Waals surface area contributed by atoms with Crippen LogP contribution in [0.1, 0.15) is 25.8 Å². The van der Waals surface area contributed by atoms with Gasteiger partial charge in [-0.15, -0.1) is 0 Å². The molecule has 0 aliphatic heterocycles. The smallest absolute Gasteiger partial charge is 0.224 e. The summed E-state index contributed by atoms with van der Waals surface area (Å²) in [5.41, 5.74) is 1.32. The van der Waals surface area contributed by atoms with Crippen LogP contribution >= 0.6 is 0 Å². The predicted octanol–water partition coefficient (Wildman–Crippen LogP) is 1.87. The molecule has 1 rings (SSSR count). The van der Waals surface area contributed by atoms with Gasteiger partial charge in [0.15, 0.2) is 0 Å². The van der Waals surface area contributed by atoms with Gasteiger partial charge in [0.1, 0.15) is 0 Å². The number of benzene rings is 1. The predicted molar refractivity (Wildman–Crippen MR) is 88.1 cm³/mol. The number of rotatable bonds is 10. The van der Waals surface area contributed by atoms with Crippen molar-refractivity contribution in [2.24, 2.45) is 5.92 Å². The highest BCUT2D eigenvalue weighted by Gasteiger charge is 2.11. The molecule has 4 heteroatoms. The summed E-state index contributed by atoms with van der Waals surface area (Å²) in [5.74, 6) is 0.175. The van der Waals surface area contributed by atoms with E-state index >= 15 is 0 Å². The minimum absolute atomic E-state index is 0.0343. The molecule has 1 aromatic rings. The summed E-state index contributed by atoms with van der Waals surface area (Å²) >= 11 is 0. The van der Waals surface area contributed by atoms with Gasteiger partial charge in [-0.3, -0.25) is 4.79 Å². The molecule has 0 aliphatic rings. The van der Waals surface area contributed by atoms with E-state index in [2.05, 4.69) is 46.8 Å². The summed E-state index contributed by atoms with van der Waals surface area (Å²) in [6, 6.07) is 10.4. The van der Waals surface area contributed by atoms with Crippen LogP contribution in [0.25, 0.3) is 0 Å². The molecule has 0 radical (unpaired) electrons. The molecular weight excluding hydrogens is 262 g/mol. The first kappa shape index (κ1) is 17.7. The Bertz CT molecular complexity index is 394. The summed E-state index contributed by atoms with van der Waals surface area (Å²) in [6.45, 7) is 8.33. The Hall–Kier alpha value is -1.39. The van der Waals surface area contributed by atoms with Crippen molar-refractivity contribution < 1.29 is 4.79 Å². The largest absolute Gasteiger partial charge is 0.356 e. The van der Waals surface area contributed by atoms with E-state index in [1.54, 1.807) is 0 Å². The lowest BCUT2D eigenvalue weighted by Crippen LogP contribution is -2.36. The Kier molecular flexibility index (Phi) is 8.71. The lowest BCUT2D eigenvalue weighted by Gasteiger charge is -2.17. The van der Waals surface area contributed by atoms with Crippen LogP contribution in [-0.2, 0) is 11.3 Å². The summed E-state index contributed by atoms with van der Waals surface area (Å²) in [5, 5.41) is 6.20. The van der Waals surface area contributed by atoms with Gasteiger partial charge in [0, 0.05) is 25.6 Å². The van der Waals surface area contributed by atoms with Gasteiger partial charge in [-0.05, 0) is 32.1 Å². The third-order valence-corrected chi connectivity index (χ3v) is 3.46. The molecule has 4 nitrogen and oxygen atoms in total. The molecule has 1 amide bonds. The number of hydrogen-bond acceptors (Lipinski definition) is 3. The van der Waals surface area contributed by atoms with Gasteiger partial charge in [-0.25, -0.2) is 0 Å². The fourth-order valence-corrected chi connectivity index (χ4v) is 2.16. The van der Waals surface area contributed by atoms with Crippen LogP contribution in [0, 0.1) is 5.92 Å². The zero-order valence-electron chi connectivity index (χ0n) is 13.6. The number of hydrogen-bond donors (Lipinski definition) is 2. The molecule has 0 saturated carbocycles. The fraction of sp³-hybridized carbons (Fsp3) is 0.588. The number of carbonyl (C=O) groups is 1. The normalized spacial score (nSPS) is 12.4. The molecule has 0 bridgehead atoms. The molecule has 0 aliphatic carbocycles. The number of carbonyl (C=O) groups excluding carboxylic acids is 1. The van der Waals surface area contributed by atoms with E-state index in [9.17, 15) is 4.79 Å². The average molecular weight is 291 g/mol. The Morgan fingerprint density at radius 1 is 1.29 bits per heavy atom. The van der Waals surface area contributed by atoms with Gasteiger partial charge in [0.05, 0.1) is 0 Å². The molecule has 1 aromatic carbocycles. The van der Waals surface area contributed by atoms with E-state index in [1.165, 1.54) is 5.56 Å². The van der Waals surface area contributed by atoms with Crippen molar-refractivity contribution in [3.63, 3.8) is 0 Å². The third-order valence-electron chi connectivity index (χ3n) is 3.46. The van der Waals surface area contributed by atoms with Crippen LogP contribution in [0.15, 0.2) is 30.3 Å². The van der Waals surface area contributed by atoms with Crippen molar-refractivity contribution in [3.05, 3.63) is 35.9 Å².